The standard InChI is InChI=1S/C69H101Cl2F3N12O12/c1-16-42(4)58-65(96)81(10)39-56(89)79(8)40-57(90)83(12)52(35-44-24-18-17-19-25-44)64(95)80(9)38-54(87)75-50(31-29-45-28-30-47(49(71)34-45)69(72,73)74)62(93)84(13)51(36-46-26-20-21-27-48(46)70)61(92)77-68(32-22-23-33-68)67(98)86(15)59(41(2)3)66(97)85(14)53(63(94)78(6)7)37-55(88)82(11)43(5)60(91)76-58/h20-21,26-28,30,34,41-44,50-53,58-59H,16-19,22-25,29,31-33,35-40H2,1-15H3,(H,75,87)(H,76,91)(H,77,92)/t42-,43-,50-,51-,52-,53-,58-,59-/m0/s1. The third-order valence-corrected chi connectivity index (χ3v) is 20.5. The Morgan fingerprint density at radius 3 is 1.83 bits per heavy atom. The van der Waals surface area contributed by atoms with E-state index in [-0.39, 0.29) is 55.0 Å². The second-order valence-corrected chi connectivity index (χ2v) is 28.3. The van der Waals surface area contributed by atoms with Crippen LogP contribution in [0.2, 0.25) is 10.0 Å². The molecule has 0 aromatic heterocycles. The summed E-state index contributed by atoms with van der Waals surface area (Å²) in [7, 11) is 13.7. The number of nitrogens with zero attached hydrogens (tertiary/aromatic N) is 9. The van der Waals surface area contributed by atoms with Gasteiger partial charge in [0.25, 0.3) is 0 Å². The van der Waals surface area contributed by atoms with Gasteiger partial charge in [0, 0.05) is 81.9 Å². The predicted molar refractivity (Wildman–Crippen MR) is 363 cm³/mol. The predicted octanol–water partition coefficient (Wildman–Crippen LogP) is 5.28. The molecule has 1 spiro atoms. The van der Waals surface area contributed by atoms with Gasteiger partial charge in [-0.25, -0.2) is 0 Å². The van der Waals surface area contributed by atoms with Crippen molar-refractivity contribution in [2.24, 2.45) is 17.8 Å². The first-order valence-corrected chi connectivity index (χ1v) is 34.3. The third-order valence-electron chi connectivity index (χ3n) is 19.8. The number of likely N-dealkylation sites (N-methyl/N-ethyl adjacent to an activating group) is 9. The first-order chi connectivity index (χ1) is 45.8. The van der Waals surface area contributed by atoms with E-state index in [4.69, 9.17) is 23.2 Å². The van der Waals surface area contributed by atoms with Crippen molar-refractivity contribution in [3.8, 4) is 0 Å². The van der Waals surface area contributed by atoms with Gasteiger partial charge < -0.3 is 60.0 Å². The number of amides is 12. The first kappa shape index (κ1) is 81.1. The van der Waals surface area contributed by atoms with E-state index in [0.29, 0.717) is 24.8 Å². The van der Waals surface area contributed by atoms with E-state index in [0.717, 1.165) is 73.6 Å². The summed E-state index contributed by atoms with van der Waals surface area (Å²) in [6.45, 7) is 6.51. The summed E-state index contributed by atoms with van der Waals surface area (Å²) in [6.07, 6.45) is -0.292. The molecular formula is C69H101Cl2F3N12O12. The highest BCUT2D eigenvalue weighted by Gasteiger charge is 2.50. The number of hydrogen-bond donors (Lipinski definition) is 3. The topological polar surface area (TPSA) is 270 Å². The first-order valence-electron chi connectivity index (χ1n) is 33.6. The Balaban J connectivity index is 1.65. The zero-order valence-electron chi connectivity index (χ0n) is 59.4. The number of alkyl halides is 3. The lowest BCUT2D eigenvalue weighted by Gasteiger charge is -2.41. The highest BCUT2D eigenvalue weighted by atomic mass is 35.5. The van der Waals surface area contributed by atoms with Gasteiger partial charge in [0.15, 0.2) is 0 Å². The molecule has 3 N–H and O–H groups in total. The molecule has 3 fully saturated rings. The van der Waals surface area contributed by atoms with Crippen molar-refractivity contribution in [2.45, 2.75) is 185 Å². The van der Waals surface area contributed by atoms with Crippen molar-refractivity contribution in [3.05, 3.63) is 69.2 Å². The Kier molecular flexibility index (Phi) is 29.4. The monoisotopic (exact) mass is 1420 g/mol. The zero-order chi connectivity index (χ0) is 73.6. The van der Waals surface area contributed by atoms with Gasteiger partial charge in [0.05, 0.1) is 36.6 Å². The highest BCUT2D eigenvalue weighted by molar-refractivity contribution is 6.31. The number of carbonyl (C=O) groups excluding carboxylic acids is 12. The van der Waals surface area contributed by atoms with Gasteiger partial charge >= 0.3 is 6.18 Å². The summed E-state index contributed by atoms with van der Waals surface area (Å²) in [6, 6.07) is 0.0706. The van der Waals surface area contributed by atoms with Gasteiger partial charge in [-0.1, -0.05) is 127 Å². The molecule has 0 bridgehead atoms. The third kappa shape index (κ3) is 20.5. The maximum atomic E-state index is 15.5. The van der Waals surface area contributed by atoms with Crippen LogP contribution >= 0.6 is 23.2 Å². The summed E-state index contributed by atoms with van der Waals surface area (Å²) < 4.78 is 41.7. The van der Waals surface area contributed by atoms with Gasteiger partial charge in [0.1, 0.15) is 47.8 Å². The molecule has 0 radical (unpaired) electrons. The van der Waals surface area contributed by atoms with E-state index < -0.39 is 173 Å². The molecule has 1 heterocycles. The number of carbonyl (C=O) groups is 12. The van der Waals surface area contributed by atoms with E-state index in [9.17, 15) is 51.5 Å². The smallest absolute Gasteiger partial charge is 0.347 e. The van der Waals surface area contributed by atoms with Crippen LogP contribution < -0.4 is 16.0 Å². The summed E-state index contributed by atoms with van der Waals surface area (Å²) >= 11 is 12.9. The molecule has 24 nitrogen and oxygen atoms in total. The van der Waals surface area contributed by atoms with Crippen LogP contribution in [0.3, 0.4) is 0 Å². The van der Waals surface area contributed by atoms with E-state index in [2.05, 4.69) is 16.0 Å². The Bertz CT molecular complexity index is 3240. The lowest BCUT2D eigenvalue weighted by atomic mass is 9.84. The molecular weight excluding hydrogens is 1320 g/mol. The van der Waals surface area contributed by atoms with Crippen molar-refractivity contribution in [3.63, 3.8) is 0 Å². The molecule has 1 saturated heterocycles. The minimum absolute atomic E-state index is 0.00752. The van der Waals surface area contributed by atoms with Crippen molar-refractivity contribution >= 4 is 94.1 Å². The van der Waals surface area contributed by atoms with Crippen molar-refractivity contribution in [2.75, 3.05) is 90.1 Å². The fourth-order valence-corrected chi connectivity index (χ4v) is 13.6. The van der Waals surface area contributed by atoms with Gasteiger partial charge in [-0.3, -0.25) is 57.5 Å². The number of rotatable bonds is 11. The molecule has 2 saturated carbocycles. The van der Waals surface area contributed by atoms with Crippen LogP contribution in [0.1, 0.15) is 135 Å². The minimum Gasteiger partial charge on any atom is -0.347 e. The van der Waals surface area contributed by atoms with E-state index in [1.165, 1.54) is 98.2 Å². The van der Waals surface area contributed by atoms with Crippen LogP contribution in [0, 0.1) is 17.8 Å². The molecule has 8 atom stereocenters. The SMILES string of the molecule is CC[C@H](C)[C@@H]1NC(=O)[C@H](C)N(C)C(=O)C[C@@H](C(=O)N(C)C)N(C)C(=O)[C@H](C(C)C)N(C)C(=O)C2(CCCC2)NC(=O)[C@H](Cc2ccccc2Cl)N(C)C(=O)[C@H](CCc2ccc(C(F)(F)F)c(Cl)c2)NC(=O)CN(C)C(=O)[C@H](CC2CCCCC2)N(C)C(=O)CN(C)C(=O)CN(C)C1=O. The number of hydrogen-bond acceptors (Lipinski definition) is 12. The average Bonchev–Trinajstić information content (AvgIpc) is 1.43. The molecule has 12 amide bonds. The Labute approximate surface area is 584 Å². The van der Waals surface area contributed by atoms with Crippen LogP contribution in [0.5, 0.6) is 0 Å². The number of nitrogens with one attached hydrogen (secondary N) is 3. The summed E-state index contributed by atoms with van der Waals surface area (Å²) in [5, 5.41) is 8.06. The van der Waals surface area contributed by atoms with Crippen LogP contribution in [-0.4, -0.2) is 253 Å². The molecule has 2 aliphatic carbocycles. The summed E-state index contributed by atoms with van der Waals surface area (Å²) in [4.78, 5) is 186. The average molecular weight is 1420 g/mol. The zero-order valence-corrected chi connectivity index (χ0v) is 60.9. The van der Waals surface area contributed by atoms with Crippen LogP contribution in [0.25, 0.3) is 0 Å². The molecule has 2 aromatic rings. The van der Waals surface area contributed by atoms with Crippen molar-refractivity contribution < 1.29 is 70.7 Å². The normalized spacial score (nSPS) is 24.5. The van der Waals surface area contributed by atoms with E-state index >= 15 is 19.2 Å². The molecule has 0 unspecified atom stereocenters. The molecule has 544 valence electrons. The van der Waals surface area contributed by atoms with Crippen molar-refractivity contribution in [1.29, 1.82) is 0 Å². The molecule has 5 rings (SSSR count). The minimum atomic E-state index is -4.79. The quantitative estimate of drug-likeness (QED) is 0.259. The molecule has 1 aliphatic heterocycles. The Morgan fingerprint density at radius 1 is 0.653 bits per heavy atom. The molecule has 29 heteroatoms. The van der Waals surface area contributed by atoms with E-state index in [1.54, 1.807) is 52.0 Å². The second-order valence-electron chi connectivity index (χ2n) is 27.5. The lowest BCUT2D eigenvalue weighted by Crippen LogP contribution is -2.65. The Hall–Kier alpha value is -7.55. The van der Waals surface area contributed by atoms with E-state index in [1.807, 2.05) is 0 Å². The summed E-state index contributed by atoms with van der Waals surface area (Å²) in [5.41, 5.74) is -2.16. The highest BCUT2D eigenvalue weighted by Crippen LogP contribution is 2.37. The molecule has 98 heavy (non-hydrogen) atoms. The van der Waals surface area contributed by atoms with Gasteiger partial charge in [-0.2, -0.15) is 13.2 Å². The van der Waals surface area contributed by atoms with Gasteiger partial charge in [0.2, 0.25) is 70.9 Å². The van der Waals surface area contributed by atoms with Gasteiger partial charge in [-0.05, 0) is 86.1 Å². The van der Waals surface area contributed by atoms with Crippen LogP contribution in [-0.2, 0) is 76.6 Å². The number of benzene rings is 2. The largest absolute Gasteiger partial charge is 0.417 e. The number of halogens is 5. The molecule has 3 aliphatic rings. The van der Waals surface area contributed by atoms with Crippen molar-refractivity contribution in [1.82, 2.24) is 60.0 Å². The maximum absolute atomic E-state index is 15.5. The van der Waals surface area contributed by atoms with Crippen LogP contribution in [0.15, 0.2) is 42.5 Å². The fraction of sp³-hybridized carbons (Fsp3) is 0.652. The summed E-state index contributed by atoms with van der Waals surface area (Å²) in [5.74, 6) is -10.0. The fourth-order valence-electron chi connectivity index (χ4n) is 13.1. The maximum Gasteiger partial charge on any atom is 0.417 e. The lowest BCUT2D eigenvalue weighted by molar-refractivity contribution is -0.155. The Morgan fingerprint density at radius 2 is 1.26 bits per heavy atom. The van der Waals surface area contributed by atoms with Crippen LogP contribution in [0.4, 0.5) is 13.2 Å². The molecule has 2 aromatic carbocycles. The number of aryl methyl sites for hydroxylation is 1. The van der Waals surface area contributed by atoms with Gasteiger partial charge in [-0.15, -0.1) is 0 Å². The second kappa shape index (κ2) is 35.5.